The average Bonchev–Trinajstić information content (AvgIpc) is 2.74. The van der Waals surface area contributed by atoms with Crippen molar-refractivity contribution in [3.05, 3.63) is 47.7 Å². The number of pyridine rings is 1. The smallest absolute Gasteiger partial charge is 0.267 e. The fourth-order valence-electron chi connectivity index (χ4n) is 3.52. The first-order chi connectivity index (χ1) is 13.6. The van der Waals surface area contributed by atoms with Gasteiger partial charge in [0.25, 0.3) is 5.91 Å². The molecule has 1 atom stereocenters. The Labute approximate surface area is 163 Å². The Morgan fingerprint density at radius 2 is 1.96 bits per heavy atom. The second kappa shape index (κ2) is 7.77. The molecule has 0 bridgehead atoms. The van der Waals surface area contributed by atoms with Gasteiger partial charge in [-0.3, -0.25) is 4.79 Å². The molecule has 0 aliphatic carbocycles. The van der Waals surface area contributed by atoms with Gasteiger partial charge in [-0.15, -0.1) is 0 Å². The summed E-state index contributed by atoms with van der Waals surface area (Å²) in [6.07, 6.45) is 1.03. The molecule has 2 aromatic rings. The normalized spacial score (nSPS) is 19.0. The zero-order chi connectivity index (χ0) is 19.5. The van der Waals surface area contributed by atoms with Gasteiger partial charge in [0.15, 0.2) is 11.5 Å². The number of nitrogens with zero attached hydrogens (tertiary/aromatic N) is 3. The van der Waals surface area contributed by atoms with E-state index in [0.29, 0.717) is 36.1 Å². The molecule has 144 valence electrons. The molecule has 1 aromatic carbocycles. The van der Waals surface area contributed by atoms with Crippen molar-refractivity contribution in [1.29, 1.82) is 5.26 Å². The van der Waals surface area contributed by atoms with Crippen LogP contribution in [0.1, 0.15) is 24.1 Å². The minimum atomic E-state index is -0.601. The van der Waals surface area contributed by atoms with Crippen molar-refractivity contribution in [2.75, 3.05) is 25.0 Å². The summed E-state index contributed by atoms with van der Waals surface area (Å²) in [7, 11) is 0. The van der Waals surface area contributed by atoms with Gasteiger partial charge in [0.1, 0.15) is 24.2 Å². The largest absolute Gasteiger partial charge is 0.485 e. The van der Waals surface area contributed by atoms with Crippen molar-refractivity contribution in [1.82, 2.24) is 9.88 Å². The highest BCUT2D eigenvalue weighted by Gasteiger charge is 2.33. The maximum absolute atomic E-state index is 12.8. The minimum absolute atomic E-state index is 0.0341. The van der Waals surface area contributed by atoms with E-state index in [-0.39, 0.29) is 18.6 Å². The molecule has 1 unspecified atom stereocenters. The van der Waals surface area contributed by atoms with Crippen LogP contribution in [0.15, 0.2) is 36.4 Å². The van der Waals surface area contributed by atoms with Gasteiger partial charge in [0.2, 0.25) is 6.10 Å². The first kappa shape index (κ1) is 18.1. The predicted molar refractivity (Wildman–Crippen MR) is 103 cm³/mol. The van der Waals surface area contributed by atoms with Crippen molar-refractivity contribution in [2.24, 2.45) is 0 Å². The Hall–Kier alpha value is -3.27. The second-order valence-electron chi connectivity index (χ2n) is 7.08. The van der Waals surface area contributed by atoms with E-state index in [1.54, 1.807) is 0 Å². The Kier molecular flexibility index (Phi) is 5.02. The number of hydrogen-bond donors (Lipinski definition) is 1. The van der Waals surface area contributed by atoms with Crippen LogP contribution >= 0.6 is 0 Å². The number of hydrogen-bond acceptors (Lipinski definition) is 6. The standard InChI is InChI=1S/C21H22N4O3/c1-14-6-7-20(24-16(14)12-22)23-15-8-10-25(11-9-15)21(26)19-13-27-17-4-2-3-5-18(17)28-19/h2-7,15,19H,8-11,13H2,1H3,(H,23,24). The van der Waals surface area contributed by atoms with E-state index in [2.05, 4.69) is 16.4 Å². The maximum Gasteiger partial charge on any atom is 0.267 e. The van der Waals surface area contributed by atoms with Crippen molar-refractivity contribution in [2.45, 2.75) is 31.9 Å². The molecular weight excluding hydrogens is 356 g/mol. The molecule has 1 fully saturated rings. The number of anilines is 1. The SMILES string of the molecule is Cc1ccc(NC2CCN(C(=O)C3COc4ccccc4O3)CC2)nc1C#N. The first-order valence-electron chi connectivity index (χ1n) is 9.45. The molecule has 7 nitrogen and oxygen atoms in total. The molecule has 28 heavy (non-hydrogen) atoms. The Balaban J connectivity index is 1.32. The number of nitriles is 1. The number of carbonyl (C=O) groups excluding carboxylic acids is 1. The Morgan fingerprint density at radius 1 is 1.21 bits per heavy atom. The monoisotopic (exact) mass is 378 g/mol. The maximum atomic E-state index is 12.8. The Morgan fingerprint density at radius 3 is 2.71 bits per heavy atom. The number of carbonyl (C=O) groups is 1. The summed E-state index contributed by atoms with van der Waals surface area (Å²) in [5.74, 6) is 1.96. The van der Waals surface area contributed by atoms with Gasteiger partial charge in [-0.1, -0.05) is 18.2 Å². The van der Waals surface area contributed by atoms with Crippen LogP contribution in [0.2, 0.25) is 0 Å². The van der Waals surface area contributed by atoms with E-state index in [0.717, 1.165) is 18.4 Å². The molecule has 1 aromatic heterocycles. The minimum Gasteiger partial charge on any atom is -0.485 e. The van der Waals surface area contributed by atoms with E-state index < -0.39 is 6.10 Å². The number of amides is 1. The lowest BCUT2D eigenvalue weighted by molar-refractivity contribution is -0.142. The van der Waals surface area contributed by atoms with Gasteiger partial charge >= 0.3 is 0 Å². The molecule has 4 rings (SSSR count). The van der Waals surface area contributed by atoms with Crippen LogP contribution in [0.3, 0.4) is 0 Å². The quantitative estimate of drug-likeness (QED) is 0.883. The number of ether oxygens (including phenoxy) is 2. The number of fused-ring (bicyclic) bond motifs is 1. The molecule has 3 heterocycles. The van der Waals surface area contributed by atoms with E-state index in [1.165, 1.54) is 0 Å². The highest BCUT2D eigenvalue weighted by atomic mass is 16.6. The zero-order valence-electron chi connectivity index (χ0n) is 15.7. The van der Waals surface area contributed by atoms with Gasteiger partial charge in [-0.2, -0.15) is 5.26 Å². The predicted octanol–water partition coefficient (Wildman–Crippen LogP) is 2.50. The summed E-state index contributed by atoms with van der Waals surface area (Å²) < 4.78 is 11.5. The number of rotatable bonds is 3. The summed E-state index contributed by atoms with van der Waals surface area (Å²) in [5.41, 5.74) is 1.30. The van der Waals surface area contributed by atoms with Crippen LogP contribution in [0, 0.1) is 18.3 Å². The average molecular weight is 378 g/mol. The van der Waals surface area contributed by atoms with Crippen LogP contribution in [-0.2, 0) is 4.79 Å². The molecule has 1 N–H and O–H groups in total. The summed E-state index contributed by atoms with van der Waals surface area (Å²) in [6, 6.07) is 13.5. The fraction of sp³-hybridized carbons (Fsp3) is 0.381. The molecule has 0 saturated carbocycles. The van der Waals surface area contributed by atoms with E-state index in [4.69, 9.17) is 14.7 Å². The van der Waals surface area contributed by atoms with E-state index in [9.17, 15) is 4.79 Å². The van der Waals surface area contributed by atoms with Gasteiger partial charge < -0.3 is 19.7 Å². The summed E-state index contributed by atoms with van der Waals surface area (Å²) in [4.78, 5) is 19.0. The molecular formula is C21H22N4O3. The van der Waals surface area contributed by atoms with E-state index >= 15 is 0 Å². The second-order valence-corrected chi connectivity index (χ2v) is 7.08. The highest BCUT2D eigenvalue weighted by molar-refractivity contribution is 5.82. The molecule has 0 radical (unpaired) electrons. The van der Waals surface area contributed by atoms with Crippen LogP contribution in [-0.4, -0.2) is 47.6 Å². The van der Waals surface area contributed by atoms with Crippen LogP contribution < -0.4 is 14.8 Å². The number of piperidine rings is 1. The lowest BCUT2D eigenvalue weighted by atomic mass is 10.0. The third-order valence-corrected chi connectivity index (χ3v) is 5.15. The topological polar surface area (TPSA) is 87.5 Å². The van der Waals surface area contributed by atoms with Crippen LogP contribution in [0.5, 0.6) is 11.5 Å². The van der Waals surface area contributed by atoms with Crippen molar-refractivity contribution < 1.29 is 14.3 Å². The molecule has 0 spiro atoms. The van der Waals surface area contributed by atoms with Gasteiger partial charge in [-0.05, 0) is 43.5 Å². The van der Waals surface area contributed by atoms with Crippen LogP contribution in [0.25, 0.3) is 0 Å². The summed E-state index contributed by atoms with van der Waals surface area (Å²) >= 11 is 0. The van der Waals surface area contributed by atoms with Gasteiger partial charge in [0, 0.05) is 19.1 Å². The third-order valence-electron chi connectivity index (χ3n) is 5.15. The number of benzene rings is 1. The van der Waals surface area contributed by atoms with Gasteiger partial charge in [0.05, 0.1) is 0 Å². The number of para-hydroxylation sites is 2. The van der Waals surface area contributed by atoms with Crippen molar-refractivity contribution in [3.63, 3.8) is 0 Å². The number of aryl methyl sites for hydroxylation is 1. The number of likely N-dealkylation sites (tertiary alicyclic amines) is 1. The molecule has 2 aliphatic rings. The van der Waals surface area contributed by atoms with Crippen LogP contribution in [0.4, 0.5) is 5.82 Å². The molecule has 2 aliphatic heterocycles. The first-order valence-corrected chi connectivity index (χ1v) is 9.45. The third kappa shape index (κ3) is 3.72. The number of nitrogens with one attached hydrogen (secondary N) is 1. The zero-order valence-corrected chi connectivity index (χ0v) is 15.7. The molecule has 1 amide bonds. The molecule has 1 saturated heterocycles. The lowest BCUT2D eigenvalue weighted by Crippen LogP contribution is -2.50. The summed E-state index contributed by atoms with van der Waals surface area (Å²) in [6.45, 7) is 3.40. The lowest BCUT2D eigenvalue weighted by Gasteiger charge is -2.35. The summed E-state index contributed by atoms with van der Waals surface area (Å²) in [5, 5.41) is 12.5. The van der Waals surface area contributed by atoms with Crippen molar-refractivity contribution >= 4 is 11.7 Å². The Bertz CT molecular complexity index is 916. The molecule has 7 heteroatoms. The number of aromatic nitrogens is 1. The van der Waals surface area contributed by atoms with Crippen molar-refractivity contribution in [3.8, 4) is 17.6 Å². The van der Waals surface area contributed by atoms with E-state index in [1.807, 2.05) is 48.2 Å². The van der Waals surface area contributed by atoms with Gasteiger partial charge in [-0.25, -0.2) is 4.98 Å². The fourth-order valence-corrected chi connectivity index (χ4v) is 3.52. The highest BCUT2D eigenvalue weighted by Crippen LogP contribution is 2.31.